The Morgan fingerprint density at radius 2 is 1.77 bits per heavy atom. The quantitative estimate of drug-likeness (QED) is 0.880. The minimum absolute atomic E-state index is 0.0524. The maximum absolute atomic E-state index is 12.7. The second-order valence-electron chi connectivity index (χ2n) is 5.41. The molecule has 2 aromatic rings. The Kier molecular flexibility index (Phi) is 4.58. The van der Waals surface area contributed by atoms with Gasteiger partial charge in [-0.25, -0.2) is 8.42 Å². The molecule has 1 aromatic carbocycles. The summed E-state index contributed by atoms with van der Waals surface area (Å²) in [5.74, 6) is 0. The van der Waals surface area contributed by atoms with Crippen LogP contribution in [0.1, 0.15) is 22.3 Å². The zero-order chi connectivity index (χ0) is 16.5. The Balaban J connectivity index is 2.42. The largest absolute Gasteiger partial charge is 0.394 e. The number of rotatable bonds is 5. The van der Waals surface area contributed by atoms with Crippen molar-refractivity contribution in [2.45, 2.75) is 39.1 Å². The normalized spacial score (nSPS) is 11.7. The van der Waals surface area contributed by atoms with Gasteiger partial charge < -0.3 is 5.11 Å². The molecule has 0 fully saturated rings. The Labute approximate surface area is 130 Å². The SMILES string of the molecule is Cc1cc(C)c(C)c(S(=O)(=O)Nc2cnn(CCO)c2)c1C. The van der Waals surface area contributed by atoms with Crippen molar-refractivity contribution in [2.24, 2.45) is 0 Å². The van der Waals surface area contributed by atoms with Crippen LogP contribution >= 0.6 is 0 Å². The van der Waals surface area contributed by atoms with Crippen LogP contribution in [0.4, 0.5) is 5.69 Å². The Morgan fingerprint density at radius 1 is 1.18 bits per heavy atom. The topological polar surface area (TPSA) is 84.2 Å². The van der Waals surface area contributed by atoms with Crippen molar-refractivity contribution in [3.05, 3.63) is 40.7 Å². The number of aryl methyl sites for hydroxylation is 2. The molecule has 0 aliphatic heterocycles. The van der Waals surface area contributed by atoms with Gasteiger partial charge in [0.05, 0.1) is 29.9 Å². The first-order valence-electron chi connectivity index (χ1n) is 7.00. The summed E-state index contributed by atoms with van der Waals surface area (Å²) in [4.78, 5) is 0.319. The number of nitrogens with zero attached hydrogens (tertiary/aromatic N) is 2. The lowest BCUT2D eigenvalue weighted by Crippen LogP contribution is -2.16. The van der Waals surface area contributed by atoms with E-state index in [9.17, 15) is 8.42 Å². The van der Waals surface area contributed by atoms with Crippen LogP contribution < -0.4 is 4.72 Å². The van der Waals surface area contributed by atoms with E-state index in [1.807, 2.05) is 33.8 Å². The van der Waals surface area contributed by atoms with E-state index in [0.717, 1.165) is 22.3 Å². The molecule has 0 amide bonds. The van der Waals surface area contributed by atoms with Gasteiger partial charge in [0.25, 0.3) is 10.0 Å². The summed E-state index contributed by atoms with van der Waals surface area (Å²) in [7, 11) is -3.69. The molecule has 0 unspecified atom stereocenters. The number of hydrogen-bond donors (Lipinski definition) is 2. The second-order valence-corrected chi connectivity index (χ2v) is 7.03. The predicted molar refractivity (Wildman–Crippen MR) is 85.5 cm³/mol. The first-order valence-corrected chi connectivity index (χ1v) is 8.48. The van der Waals surface area contributed by atoms with Gasteiger partial charge >= 0.3 is 0 Å². The third kappa shape index (κ3) is 3.15. The first kappa shape index (κ1) is 16.5. The third-order valence-corrected chi connectivity index (χ3v) is 5.43. The Hall–Kier alpha value is -1.86. The highest BCUT2D eigenvalue weighted by molar-refractivity contribution is 7.92. The number of aromatic nitrogens is 2. The van der Waals surface area contributed by atoms with Gasteiger partial charge in [0.15, 0.2) is 0 Å². The van der Waals surface area contributed by atoms with Crippen LogP contribution in [0.5, 0.6) is 0 Å². The van der Waals surface area contributed by atoms with E-state index in [1.54, 1.807) is 6.20 Å². The van der Waals surface area contributed by atoms with E-state index in [1.165, 1.54) is 10.9 Å². The molecule has 0 saturated carbocycles. The lowest BCUT2D eigenvalue weighted by Gasteiger charge is -2.16. The van der Waals surface area contributed by atoms with Gasteiger partial charge in [-0.15, -0.1) is 0 Å². The Morgan fingerprint density at radius 3 is 2.32 bits per heavy atom. The molecule has 1 heterocycles. The van der Waals surface area contributed by atoms with E-state index in [4.69, 9.17) is 5.11 Å². The highest BCUT2D eigenvalue weighted by Gasteiger charge is 2.22. The summed E-state index contributed by atoms with van der Waals surface area (Å²) in [6, 6.07) is 1.99. The molecule has 0 aliphatic rings. The lowest BCUT2D eigenvalue weighted by atomic mass is 10.0. The summed E-state index contributed by atoms with van der Waals surface area (Å²) < 4.78 is 29.5. The second kappa shape index (κ2) is 6.10. The van der Waals surface area contributed by atoms with Crippen LogP contribution in [0.15, 0.2) is 23.4 Å². The molecule has 120 valence electrons. The molecule has 0 bridgehead atoms. The molecule has 22 heavy (non-hydrogen) atoms. The molecule has 0 aliphatic carbocycles. The number of benzene rings is 1. The summed E-state index contributed by atoms with van der Waals surface area (Å²) in [5.41, 5.74) is 3.77. The fourth-order valence-electron chi connectivity index (χ4n) is 2.43. The Bertz CT molecular complexity index is 768. The minimum atomic E-state index is -3.69. The molecule has 0 spiro atoms. The van der Waals surface area contributed by atoms with Gasteiger partial charge in [0, 0.05) is 6.20 Å². The highest BCUT2D eigenvalue weighted by Crippen LogP contribution is 2.27. The van der Waals surface area contributed by atoms with Gasteiger partial charge in [0.2, 0.25) is 0 Å². The lowest BCUT2D eigenvalue weighted by molar-refractivity contribution is 0.269. The average Bonchev–Trinajstić information content (AvgIpc) is 2.83. The maximum atomic E-state index is 12.7. The summed E-state index contributed by atoms with van der Waals surface area (Å²) in [5, 5.41) is 12.9. The van der Waals surface area contributed by atoms with Crippen LogP contribution in [0.3, 0.4) is 0 Å². The van der Waals surface area contributed by atoms with Crippen LogP contribution in [0, 0.1) is 27.7 Å². The van der Waals surface area contributed by atoms with Gasteiger partial charge in [-0.1, -0.05) is 6.07 Å². The molecule has 2 N–H and O–H groups in total. The van der Waals surface area contributed by atoms with Gasteiger partial charge in [-0.3, -0.25) is 9.40 Å². The molecule has 0 saturated heterocycles. The van der Waals surface area contributed by atoms with Crippen molar-refractivity contribution in [1.29, 1.82) is 0 Å². The standard InChI is InChI=1S/C15H21N3O3S/c1-10-7-11(2)13(4)15(12(10)3)22(20,21)17-14-8-16-18(9-14)5-6-19/h7-9,17,19H,5-6H2,1-4H3. The van der Waals surface area contributed by atoms with Crippen molar-refractivity contribution < 1.29 is 13.5 Å². The fraction of sp³-hybridized carbons (Fsp3) is 0.400. The number of hydrogen-bond acceptors (Lipinski definition) is 4. The van der Waals surface area contributed by atoms with Gasteiger partial charge in [0.1, 0.15) is 0 Å². The molecule has 7 heteroatoms. The smallest absolute Gasteiger partial charge is 0.262 e. The number of sulfonamides is 1. The van der Waals surface area contributed by atoms with Crippen molar-refractivity contribution in [2.75, 3.05) is 11.3 Å². The summed E-state index contributed by atoms with van der Waals surface area (Å²) >= 11 is 0. The van der Waals surface area contributed by atoms with Crippen LogP contribution in [0.2, 0.25) is 0 Å². The maximum Gasteiger partial charge on any atom is 0.262 e. The molecule has 0 atom stereocenters. The van der Waals surface area contributed by atoms with Gasteiger partial charge in [-0.05, 0) is 49.9 Å². The molecule has 6 nitrogen and oxygen atoms in total. The van der Waals surface area contributed by atoms with E-state index in [2.05, 4.69) is 9.82 Å². The minimum Gasteiger partial charge on any atom is -0.394 e. The van der Waals surface area contributed by atoms with E-state index in [-0.39, 0.29) is 6.61 Å². The van der Waals surface area contributed by atoms with Crippen LogP contribution in [-0.4, -0.2) is 29.9 Å². The van der Waals surface area contributed by atoms with E-state index < -0.39 is 10.0 Å². The number of anilines is 1. The summed E-state index contributed by atoms with van der Waals surface area (Å²) in [6.07, 6.45) is 2.99. The van der Waals surface area contributed by atoms with Crippen molar-refractivity contribution >= 4 is 15.7 Å². The van der Waals surface area contributed by atoms with Gasteiger partial charge in [-0.2, -0.15) is 5.10 Å². The highest BCUT2D eigenvalue weighted by atomic mass is 32.2. The number of nitrogens with one attached hydrogen (secondary N) is 1. The van der Waals surface area contributed by atoms with Crippen molar-refractivity contribution in [1.82, 2.24) is 9.78 Å². The van der Waals surface area contributed by atoms with E-state index in [0.29, 0.717) is 17.1 Å². The molecular formula is C15H21N3O3S. The van der Waals surface area contributed by atoms with Crippen molar-refractivity contribution in [3.8, 4) is 0 Å². The van der Waals surface area contributed by atoms with Crippen LogP contribution in [0.25, 0.3) is 0 Å². The average molecular weight is 323 g/mol. The number of aliphatic hydroxyl groups is 1. The molecule has 1 aromatic heterocycles. The zero-order valence-electron chi connectivity index (χ0n) is 13.2. The molecule has 2 rings (SSSR count). The summed E-state index contributed by atoms with van der Waals surface area (Å²) in [6.45, 7) is 7.70. The third-order valence-electron chi connectivity index (χ3n) is 3.78. The first-order chi connectivity index (χ1) is 10.3. The van der Waals surface area contributed by atoms with E-state index >= 15 is 0 Å². The monoisotopic (exact) mass is 323 g/mol. The number of aliphatic hydroxyl groups excluding tert-OH is 1. The zero-order valence-corrected chi connectivity index (χ0v) is 14.0. The van der Waals surface area contributed by atoms with Crippen LogP contribution in [-0.2, 0) is 16.6 Å². The fourth-order valence-corrected chi connectivity index (χ4v) is 4.08. The van der Waals surface area contributed by atoms with Crippen molar-refractivity contribution in [3.63, 3.8) is 0 Å². The molecular weight excluding hydrogens is 302 g/mol. The predicted octanol–water partition coefficient (Wildman–Crippen LogP) is 1.91. The molecule has 0 radical (unpaired) electrons.